The molecule has 1 amide bonds. The maximum Gasteiger partial charge on any atom is 0.248 e. The first-order chi connectivity index (χ1) is 19.4. The molecule has 2 heterocycles. The third kappa shape index (κ3) is 5.11. The highest BCUT2D eigenvalue weighted by atomic mass is 35.5. The van der Waals surface area contributed by atoms with Crippen LogP contribution in [0.3, 0.4) is 0 Å². The van der Waals surface area contributed by atoms with Gasteiger partial charge in [0.2, 0.25) is 5.91 Å². The summed E-state index contributed by atoms with van der Waals surface area (Å²) in [5, 5.41) is 6.60. The molecule has 5 nitrogen and oxygen atoms in total. The quantitative estimate of drug-likeness (QED) is 0.267. The van der Waals surface area contributed by atoms with E-state index in [9.17, 15) is 4.79 Å². The molecule has 210 valence electrons. The second-order valence-corrected chi connectivity index (χ2v) is 12.4. The lowest BCUT2D eigenvalue weighted by molar-refractivity contribution is -0.129. The number of benzene rings is 2. The average Bonchev–Trinajstić information content (AvgIpc) is 3.44. The van der Waals surface area contributed by atoms with Gasteiger partial charge in [-0.1, -0.05) is 97.6 Å². The first kappa shape index (κ1) is 28.9. The van der Waals surface area contributed by atoms with Crippen LogP contribution in [0.5, 0.6) is 0 Å². The number of nitrogens with two attached hydrogens (primary N) is 1. The Labute approximate surface area is 251 Å². The monoisotopic (exact) mass is 594 g/mol. The summed E-state index contributed by atoms with van der Waals surface area (Å²) in [6.07, 6.45) is 11.6. The first-order valence-electron chi connectivity index (χ1n) is 14.0. The summed E-state index contributed by atoms with van der Waals surface area (Å²) >= 11 is 14.4. The zero-order valence-electron chi connectivity index (χ0n) is 23.0. The van der Waals surface area contributed by atoms with E-state index >= 15 is 0 Å². The molecule has 1 aliphatic carbocycles. The molecule has 3 aromatic rings. The summed E-state index contributed by atoms with van der Waals surface area (Å²) in [4.78, 5) is 21.4. The number of hydrogen-bond acceptors (Lipinski definition) is 5. The van der Waals surface area contributed by atoms with Gasteiger partial charge in [0.1, 0.15) is 5.54 Å². The second kappa shape index (κ2) is 12.1. The summed E-state index contributed by atoms with van der Waals surface area (Å²) in [6.45, 7) is 3.87. The smallest absolute Gasteiger partial charge is 0.248 e. The molecule has 0 bridgehead atoms. The van der Waals surface area contributed by atoms with Crippen molar-refractivity contribution in [3.05, 3.63) is 105 Å². The van der Waals surface area contributed by atoms with Crippen LogP contribution in [0.2, 0.25) is 10.0 Å². The Balaban J connectivity index is 1.83. The van der Waals surface area contributed by atoms with Gasteiger partial charge in [-0.3, -0.25) is 9.69 Å². The molecule has 2 aliphatic rings. The molecule has 2 aromatic carbocycles. The predicted molar refractivity (Wildman–Crippen MR) is 167 cm³/mol. The minimum absolute atomic E-state index is 0.0301. The van der Waals surface area contributed by atoms with Crippen LogP contribution in [-0.4, -0.2) is 41.5 Å². The van der Waals surface area contributed by atoms with Crippen LogP contribution in [0.4, 0.5) is 5.13 Å². The summed E-state index contributed by atoms with van der Waals surface area (Å²) in [5.74, 6) is -0.111. The number of likely N-dealkylation sites (tertiary alicyclic amines) is 1. The number of likely N-dealkylation sites (N-methyl/N-ethyl adjacent to an activating group) is 1. The summed E-state index contributed by atoms with van der Waals surface area (Å²) < 4.78 is 0. The Bertz CT molecular complexity index is 1420. The van der Waals surface area contributed by atoms with Gasteiger partial charge in [-0.2, -0.15) is 0 Å². The SMILES string of the molecule is CCCC(C1=CC(c2ccccc2)(c2csc(N)n2)C=CC1(C(=O)NC)N1CCCCC1)c1ccc(Cl)c(Cl)c1. The maximum atomic E-state index is 14.2. The molecule has 1 fully saturated rings. The zero-order chi connectivity index (χ0) is 28.3. The second-order valence-electron chi connectivity index (χ2n) is 10.6. The standard InChI is InChI=1S/C32H36Cl2N4OS/c1-3-10-24(22-13-14-26(33)27(34)19-22)25-20-31(23-11-6-4-7-12-23,28-21-40-30(35)37-28)15-16-32(25,29(39)36-2)38-17-8-5-9-18-38/h4,6-7,11-16,19-21,24H,3,5,8-10,17-18H2,1-2H3,(H2,35,37)(H,36,39). The lowest BCUT2D eigenvalue weighted by Crippen LogP contribution is -2.61. The van der Waals surface area contributed by atoms with E-state index in [-0.39, 0.29) is 11.8 Å². The van der Waals surface area contributed by atoms with Gasteiger partial charge in [0.25, 0.3) is 0 Å². The molecule has 5 rings (SSSR count). The number of nitrogens with zero attached hydrogens (tertiary/aromatic N) is 2. The summed E-state index contributed by atoms with van der Waals surface area (Å²) in [7, 11) is 1.73. The topological polar surface area (TPSA) is 71.2 Å². The van der Waals surface area contributed by atoms with Crippen LogP contribution in [0, 0.1) is 0 Å². The minimum atomic E-state index is -0.957. The van der Waals surface area contributed by atoms with Crippen LogP contribution in [-0.2, 0) is 10.2 Å². The van der Waals surface area contributed by atoms with Crippen LogP contribution < -0.4 is 11.1 Å². The number of carbonyl (C=O) groups is 1. The number of anilines is 1. The van der Waals surface area contributed by atoms with E-state index in [1.807, 2.05) is 41.8 Å². The normalized spacial score (nSPS) is 23.9. The molecular weight excluding hydrogens is 559 g/mol. The van der Waals surface area contributed by atoms with Gasteiger partial charge in [-0.15, -0.1) is 11.3 Å². The average molecular weight is 596 g/mol. The fourth-order valence-electron chi connectivity index (χ4n) is 6.39. The van der Waals surface area contributed by atoms with Crippen molar-refractivity contribution in [1.29, 1.82) is 0 Å². The number of allylic oxidation sites excluding steroid dienone is 2. The highest BCUT2D eigenvalue weighted by Crippen LogP contribution is 2.50. The fraction of sp³-hybridized carbons (Fsp3) is 0.375. The van der Waals surface area contributed by atoms with Crippen LogP contribution in [0.1, 0.15) is 61.8 Å². The van der Waals surface area contributed by atoms with Gasteiger partial charge in [0, 0.05) is 18.3 Å². The third-order valence-electron chi connectivity index (χ3n) is 8.33. The van der Waals surface area contributed by atoms with Gasteiger partial charge in [-0.05, 0) is 61.2 Å². The fourth-order valence-corrected chi connectivity index (χ4v) is 7.33. The summed E-state index contributed by atoms with van der Waals surface area (Å²) in [5.41, 5.74) is 8.54. The van der Waals surface area contributed by atoms with Gasteiger partial charge in [0.05, 0.1) is 21.2 Å². The summed E-state index contributed by atoms with van der Waals surface area (Å²) in [6, 6.07) is 16.2. The lowest BCUT2D eigenvalue weighted by Gasteiger charge is -2.49. The molecule has 0 radical (unpaired) electrons. The van der Waals surface area contributed by atoms with Crippen molar-refractivity contribution < 1.29 is 4.79 Å². The molecule has 1 saturated heterocycles. The van der Waals surface area contributed by atoms with Crippen molar-refractivity contribution in [3.8, 4) is 0 Å². The molecule has 40 heavy (non-hydrogen) atoms. The number of nitrogens with one attached hydrogen (secondary N) is 1. The van der Waals surface area contributed by atoms with Crippen molar-refractivity contribution >= 4 is 45.6 Å². The van der Waals surface area contributed by atoms with Gasteiger partial charge in [-0.25, -0.2) is 4.98 Å². The van der Waals surface area contributed by atoms with Crippen molar-refractivity contribution in [2.75, 3.05) is 25.9 Å². The number of carbonyl (C=O) groups excluding carboxylic acids is 1. The molecule has 3 N–H and O–H groups in total. The Hall–Kier alpha value is -2.64. The Kier molecular flexibility index (Phi) is 8.72. The molecule has 8 heteroatoms. The minimum Gasteiger partial charge on any atom is -0.375 e. The van der Waals surface area contributed by atoms with Gasteiger partial charge >= 0.3 is 0 Å². The van der Waals surface area contributed by atoms with Crippen LogP contribution >= 0.6 is 34.5 Å². The van der Waals surface area contributed by atoms with E-state index in [4.69, 9.17) is 33.9 Å². The highest BCUT2D eigenvalue weighted by Gasteiger charge is 2.52. The highest BCUT2D eigenvalue weighted by molar-refractivity contribution is 7.13. The van der Waals surface area contributed by atoms with Crippen molar-refractivity contribution in [3.63, 3.8) is 0 Å². The van der Waals surface area contributed by atoms with Crippen molar-refractivity contribution in [1.82, 2.24) is 15.2 Å². The number of thiazole rings is 1. The predicted octanol–water partition coefficient (Wildman–Crippen LogP) is 7.37. The first-order valence-corrected chi connectivity index (χ1v) is 15.6. The number of piperidine rings is 1. The van der Waals surface area contributed by atoms with Crippen molar-refractivity contribution in [2.45, 2.75) is 55.9 Å². The van der Waals surface area contributed by atoms with E-state index < -0.39 is 11.0 Å². The Morgan fingerprint density at radius 2 is 1.85 bits per heavy atom. The number of amides is 1. The number of hydrogen-bond donors (Lipinski definition) is 2. The number of nitrogen functional groups attached to an aromatic ring is 1. The molecule has 1 aromatic heterocycles. The molecule has 1 aliphatic heterocycles. The van der Waals surface area contributed by atoms with Gasteiger partial charge < -0.3 is 11.1 Å². The van der Waals surface area contributed by atoms with E-state index in [0.29, 0.717) is 15.2 Å². The van der Waals surface area contributed by atoms with E-state index in [0.717, 1.165) is 61.2 Å². The Morgan fingerprint density at radius 3 is 2.48 bits per heavy atom. The Morgan fingerprint density at radius 1 is 1.10 bits per heavy atom. The van der Waals surface area contributed by atoms with E-state index in [1.165, 1.54) is 17.8 Å². The third-order valence-corrected chi connectivity index (χ3v) is 9.75. The van der Waals surface area contributed by atoms with Crippen LogP contribution in [0.15, 0.2) is 77.7 Å². The lowest BCUT2D eigenvalue weighted by atomic mass is 9.64. The number of halogens is 2. The van der Waals surface area contributed by atoms with E-state index in [1.54, 1.807) is 7.05 Å². The van der Waals surface area contributed by atoms with Crippen LogP contribution in [0.25, 0.3) is 0 Å². The van der Waals surface area contributed by atoms with E-state index in [2.05, 4.69) is 47.5 Å². The molecule has 3 unspecified atom stereocenters. The largest absolute Gasteiger partial charge is 0.375 e. The molecule has 0 saturated carbocycles. The number of rotatable bonds is 8. The molecule has 0 spiro atoms. The maximum absolute atomic E-state index is 14.2. The zero-order valence-corrected chi connectivity index (χ0v) is 25.3. The molecular formula is C32H36Cl2N4OS. The number of aromatic nitrogens is 1. The van der Waals surface area contributed by atoms with Gasteiger partial charge in [0.15, 0.2) is 5.13 Å². The van der Waals surface area contributed by atoms with Crippen molar-refractivity contribution in [2.24, 2.45) is 0 Å². The molecule has 3 atom stereocenters.